The third kappa shape index (κ3) is 4.18. The number of esters is 1. The van der Waals surface area contributed by atoms with E-state index >= 15 is 0 Å². The minimum absolute atomic E-state index is 0.0756. The fraction of sp³-hybridized carbons (Fsp3) is 0.211. The van der Waals surface area contributed by atoms with Crippen LogP contribution < -0.4 is 11.1 Å². The third-order valence-electron chi connectivity index (χ3n) is 3.77. The number of carbonyl (C=O) groups excluding carboxylic acids is 2. The Morgan fingerprint density at radius 1 is 1.12 bits per heavy atom. The molecule has 1 aromatic heterocycles. The summed E-state index contributed by atoms with van der Waals surface area (Å²) in [5.41, 5.74) is 2.61. The molecule has 7 nitrogen and oxygen atoms in total. The summed E-state index contributed by atoms with van der Waals surface area (Å²) in [6, 6.07) is 14.0. The number of amides is 1. The lowest BCUT2D eigenvalue weighted by Gasteiger charge is -2.07. The highest BCUT2D eigenvalue weighted by atomic mass is 16.5. The van der Waals surface area contributed by atoms with Crippen LogP contribution in [0.15, 0.2) is 57.7 Å². The van der Waals surface area contributed by atoms with E-state index in [1.54, 1.807) is 42.5 Å². The standard InChI is InChI=1S/C19H18N2O5/c1-13(22)20-15-8-6-14(7-9-15)12-18(23)25-11-10-21-16-4-2-3-5-17(16)26-19(21)24/h2-9H,10-12H2,1H3,(H,20,22). The molecule has 0 bridgehead atoms. The Bertz CT molecular complexity index is 985. The Labute approximate surface area is 149 Å². The zero-order chi connectivity index (χ0) is 18.5. The first-order valence-corrected chi connectivity index (χ1v) is 8.13. The zero-order valence-corrected chi connectivity index (χ0v) is 14.2. The molecule has 0 saturated carbocycles. The number of oxazole rings is 1. The van der Waals surface area contributed by atoms with Crippen LogP contribution in [0.1, 0.15) is 12.5 Å². The lowest BCUT2D eigenvalue weighted by atomic mass is 10.1. The summed E-state index contributed by atoms with van der Waals surface area (Å²) in [7, 11) is 0. The van der Waals surface area contributed by atoms with Crippen LogP contribution in [-0.4, -0.2) is 23.1 Å². The average molecular weight is 354 g/mol. The Balaban J connectivity index is 1.53. The number of fused-ring (bicyclic) bond motifs is 1. The van der Waals surface area contributed by atoms with E-state index in [-0.39, 0.29) is 25.5 Å². The number of para-hydroxylation sites is 2. The second kappa shape index (κ2) is 7.69. The van der Waals surface area contributed by atoms with Crippen LogP contribution >= 0.6 is 0 Å². The van der Waals surface area contributed by atoms with Crippen molar-refractivity contribution in [2.45, 2.75) is 19.9 Å². The Morgan fingerprint density at radius 2 is 1.85 bits per heavy atom. The third-order valence-corrected chi connectivity index (χ3v) is 3.77. The fourth-order valence-corrected chi connectivity index (χ4v) is 2.60. The van der Waals surface area contributed by atoms with Crippen molar-refractivity contribution >= 4 is 28.7 Å². The van der Waals surface area contributed by atoms with Gasteiger partial charge >= 0.3 is 11.7 Å². The summed E-state index contributed by atoms with van der Waals surface area (Å²) >= 11 is 0. The predicted molar refractivity (Wildman–Crippen MR) is 95.9 cm³/mol. The first-order valence-electron chi connectivity index (χ1n) is 8.13. The van der Waals surface area contributed by atoms with Crippen LogP contribution in [0.25, 0.3) is 11.1 Å². The van der Waals surface area contributed by atoms with Gasteiger partial charge in [0.15, 0.2) is 5.58 Å². The first kappa shape index (κ1) is 17.5. The molecule has 134 valence electrons. The lowest BCUT2D eigenvalue weighted by Crippen LogP contribution is -2.19. The van der Waals surface area contributed by atoms with Gasteiger partial charge in [0, 0.05) is 12.6 Å². The first-order chi connectivity index (χ1) is 12.5. The monoisotopic (exact) mass is 354 g/mol. The zero-order valence-electron chi connectivity index (χ0n) is 14.2. The van der Waals surface area contributed by atoms with Crippen LogP contribution in [0.4, 0.5) is 5.69 Å². The van der Waals surface area contributed by atoms with E-state index in [1.165, 1.54) is 11.5 Å². The van der Waals surface area contributed by atoms with Crippen LogP contribution in [0, 0.1) is 0 Å². The second-order valence-corrected chi connectivity index (χ2v) is 5.76. The maximum absolute atomic E-state index is 11.9. The number of rotatable bonds is 6. The number of hydrogen-bond acceptors (Lipinski definition) is 5. The van der Waals surface area contributed by atoms with Gasteiger partial charge in [-0.1, -0.05) is 24.3 Å². The van der Waals surface area contributed by atoms with Crippen molar-refractivity contribution in [3.8, 4) is 0 Å². The molecule has 26 heavy (non-hydrogen) atoms. The van der Waals surface area contributed by atoms with Gasteiger partial charge in [-0.05, 0) is 29.8 Å². The second-order valence-electron chi connectivity index (χ2n) is 5.76. The molecule has 0 atom stereocenters. The minimum atomic E-state index is -0.476. The molecule has 3 rings (SSSR count). The molecule has 0 saturated heterocycles. The van der Waals surface area contributed by atoms with Crippen molar-refractivity contribution in [3.05, 3.63) is 64.6 Å². The van der Waals surface area contributed by atoms with Gasteiger partial charge in [0.2, 0.25) is 5.91 Å². The van der Waals surface area contributed by atoms with E-state index in [0.717, 1.165) is 5.56 Å². The largest absolute Gasteiger partial charge is 0.464 e. The number of carbonyl (C=O) groups is 2. The number of nitrogens with one attached hydrogen (secondary N) is 1. The normalized spacial score (nSPS) is 10.7. The Kier molecular flexibility index (Phi) is 5.17. The van der Waals surface area contributed by atoms with Crippen molar-refractivity contribution in [2.24, 2.45) is 0 Å². The summed E-state index contributed by atoms with van der Waals surface area (Å²) < 4.78 is 11.8. The quantitative estimate of drug-likeness (QED) is 0.686. The topological polar surface area (TPSA) is 90.5 Å². The molecule has 1 heterocycles. The van der Waals surface area contributed by atoms with Crippen LogP contribution in [0.5, 0.6) is 0 Å². The number of aromatic nitrogens is 1. The molecule has 0 aliphatic heterocycles. The van der Waals surface area contributed by atoms with E-state index in [9.17, 15) is 14.4 Å². The summed E-state index contributed by atoms with van der Waals surface area (Å²) in [4.78, 5) is 34.8. The molecular weight excluding hydrogens is 336 g/mol. The molecule has 7 heteroatoms. The van der Waals surface area contributed by atoms with Gasteiger partial charge in [-0.15, -0.1) is 0 Å². The van der Waals surface area contributed by atoms with E-state index in [4.69, 9.17) is 9.15 Å². The smallest absolute Gasteiger partial charge is 0.420 e. The number of nitrogens with zero attached hydrogens (tertiary/aromatic N) is 1. The predicted octanol–water partition coefficient (Wildman–Crippen LogP) is 2.34. The maximum atomic E-state index is 11.9. The van der Waals surface area contributed by atoms with Gasteiger partial charge in [-0.2, -0.15) is 0 Å². The summed E-state index contributed by atoms with van der Waals surface area (Å²) in [6.45, 7) is 1.73. The summed E-state index contributed by atoms with van der Waals surface area (Å²) in [5.74, 6) is -1.02. The SMILES string of the molecule is CC(=O)Nc1ccc(CC(=O)OCCn2c(=O)oc3ccccc32)cc1. The fourth-order valence-electron chi connectivity index (χ4n) is 2.60. The van der Waals surface area contributed by atoms with Crippen molar-refractivity contribution in [1.29, 1.82) is 0 Å². The van der Waals surface area contributed by atoms with Gasteiger partial charge < -0.3 is 14.5 Å². The Morgan fingerprint density at radius 3 is 2.58 bits per heavy atom. The van der Waals surface area contributed by atoms with E-state index < -0.39 is 11.7 Å². The molecular formula is C19H18N2O5. The molecule has 1 N–H and O–H groups in total. The highest BCUT2D eigenvalue weighted by molar-refractivity contribution is 5.88. The average Bonchev–Trinajstić information content (AvgIpc) is 2.92. The maximum Gasteiger partial charge on any atom is 0.420 e. The van der Waals surface area contributed by atoms with Crippen molar-refractivity contribution in [3.63, 3.8) is 0 Å². The molecule has 0 spiro atoms. The molecule has 0 aliphatic carbocycles. The van der Waals surface area contributed by atoms with Crippen molar-refractivity contribution in [1.82, 2.24) is 4.57 Å². The van der Waals surface area contributed by atoms with Crippen LogP contribution in [0.2, 0.25) is 0 Å². The number of ether oxygens (including phenoxy) is 1. The number of hydrogen-bond donors (Lipinski definition) is 1. The lowest BCUT2D eigenvalue weighted by molar-refractivity contribution is -0.143. The molecule has 2 aromatic carbocycles. The van der Waals surface area contributed by atoms with Crippen molar-refractivity contribution < 1.29 is 18.7 Å². The summed E-state index contributed by atoms with van der Waals surface area (Å²) in [5, 5.41) is 2.66. The van der Waals surface area contributed by atoms with Gasteiger partial charge in [0.05, 0.1) is 18.5 Å². The van der Waals surface area contributed by atoms with Gasteiger partial charge in [0.1, 0.15) is 6.61 Å². The van der Waals surface area contributed by atoms with Gasteiger partial charge in [-0.25, -0.2) is 4.79 Å². The van der Waals surface area contributed by atoms with Crippen molar-refractivity contribution in [2.75, 3.05) is 11.9 Å². The Hall–Kier alpha value is -3.35. The molecule has 3 aromatic rings. The van der Waals surface area contributed by atoms with Crippen LogP contribution in [-0.2, 0) is 27.3 Å². The molecule has 0 fully saturated rings. The van der Waals surface area contributed by atoms with E-state index in [2.05, 4.69) is 5.32 Å². The van der Waals surface area contributed by atoms with E-state index in [0.29, 0.717) is 16.8 Å². The number of benzene rings is 2. The van der Waals surface area contributed by atoms with Gasteiger partial charge in [-0.3, -0.25) is 14.2 Å². The van der Waals surface area contributed by atoms with Gasteiger partial charge in [0.25, 0.3) is 0 Å². The minimum Gasteiger partial charge on any atom is -0.464 e. The molecule has 0 unspecified atom stereocenters. The highest BCUT2D eigenvalue weighted by Crippen LogP contribution is 2.12. The summed E-state index contributed by atoms with van der Waals surface area (Å²) in [6.07, 6.45) is 0.112. The highest BCUT2D eigenvalue weighted by Gasteiger charge is 2.10. The molecule has 1 amide bonds. The molecule has 0 radical (unpaired) electrons. The molecule has 0 aliphatic rings. The van der Waals surface area contributed by atoms with Crippen LogP contribution in [0.3, 0.4) is 0 Å². The number of anilines is 1. The van der Waals surface area contributed by atoms with E-state index in [1.807, 2.05) is 6.07 Å².